The summed E-state index contributed by atoms with van der Waals surface area (Å²) in [6.07, 6.45) is 0.929. The zero-order valence-corrected chi connectivity index (χ0v) is 13.8. The number of hydrogen-bond donors (Lipinski definition) is 1. The van der Waals surface area contributed by atoms with Crippen LogP contribution in [-0.2, 0) is 0 Å². The Morgan fingerprint density at radius 2 is 2.00 bits per heavy atom. The number of hydrogen-bond acceptors (Lipinski definition) is 1. The highest BCUT2D eigenvalue weighted by Crippen LogP contribution is 2.32. The van der Waals surface area contributed by atoms with Crippen molar-refractivity contribution in [1.29, 1.82) is 0 Å². The van der Waals surface area contributed by atoms with Gasteiger partial charge in [-0.2, -0.15) is 0 Å². The Morgan fingerprint density at radius 3 is 2.67 bits per heavy atom. The minimum absolute atomic E-state index is 0.135. The van der Waals surface area contributed by atoms with Gasteiger partial charge in [0.25, 0.3) is 0 Å². The van der Waals surface area contributed by atoms with Gasteiger partial charge in [-0.1, -0.05) is 36.7 Å². The fourth-order valence-corrected chi connectivity index (χ4v) is 2.90. The predicted octanol–water partition coefficient (Wildman–Crippen LogP) is 5.47. The third-order valence-electron chi connectivity index (χ3n) is 3.16. The van der Waals surface area contributed by atoms with E-state index >= 15 is 0 Å². The fourth-order valence-electron chi connectivity index (χ4n) is 2.15. The van der Waals surface area contributed by atoms with Gasteiger partial charge in [0.15, 0.2) is 11.6 Å². The average Bonchev–Trinajstić information content (AvgIpc) is 2.47. The van der Waals surface area contributed by atoms with Crippen molar-refractivity contribution in [3.05, 3.63) is 68.7 Å². The average molecular weight is 375 g/mol. The summed E-state index contributed by atoms with van der Waals surface area (Å²) in [6, 6.07) is 9.81. The summed E-state index contributed by atoms with van der Waals surface area (Å²) in [4.78, 5) is 0. The third-order valence-corrected chi connectivity index (χ3v) is 4.20. The van der Waals surface area contributed by atoms with E-state index in [4.69, 9.17) is 11.6 Å². The summed E-state index contributed by atoms with van der Waals surface area (Å²) < 4.78 is 27.2. The van der Waals surface area contributed by atoms with Gasteiger partial charge in [0.1, 0.15) is 0 Å². The van der Waals surface area contributed by atoms with E-state index in [1.54, 1.807) is 12.1 Å². The maximum absolute atomic E-state index is 13.8. The van der Waals surface area contributed by atoms with Gasteiger partial charge in [-0.15, -0.1) is 0 Å². The van der Waals surface area contributed by atoms with Crippen LogP contribution in [0.4, 0.5) is 8.78 Å². The van der Waals surface area contributed by atoms with Gasteiger partial charge in [0.2, 0.25) is 0 Å². The van der Waals surface area contributed by atoms with E-state index in [0.717, 1.165) is 24.6 Å². The molecule has 2 aromatic carbocycles. The van der Waals surface area contributed by atoms with Crippen LogP contribution in [0.15, 0.2) is 40.9 Å². The SMILES string of the molecule is CCCNC(c1cccc(Cl)c1)c1ccc(F)c(F)c1Br. The van der Waals surface area contributed by atoms with Gasteiger partial charge in [0, 0.05) is 5.02 Å². The van der Waals surface area contributed by atoms with Crippen LogP contribution in [0.5, 0.6) is 0 Å². The fraction of sp³-hybridized carbons (Fsp3) is 0.250. The highest BCUT2D eigenvalue weighted by Gasteiger charge is 2.20. The Balaban J connectivity index is 2.48. The molecule has 0 saturated heterocycles. The molecule has 0 aromatic heterocycles. The molecule has 0 saturated carbocycles. The molecule has 0 aliphatic heterocycles. The van der Waals surface area contributed by atoms with Gasteiger partial charge in [-0.05, 0) is 58.2 Å². The maximum atomic E-state index is 13.8. The number of rotatable bonds is 5. The van der Waals surface area contributed by atoms with Crippen molar-refractivity contribution in [3.8, 4) is 0 Å². The lowest BCUT2D eigenvalue weighted by molar-refractivity contribution is 0.497. The topological polar surface area (TPSA) is 12.0 Å². The number of nitrogens with one attached hydrogen (secondary N) is 1. The van der Waals surface area contributed by atoms with Gasteiger partial charge in [0.05, 0.1) is 10.5 Å². The summed E-state index contributed by atoms with van der Waals surface area (Å²) in [6.45, 7) is 2.80. The molecule has 21 heavy (non-hydrogen) atoms. The molecule has 0 aliphatic rings. The van der Waals surface area contributed by atoms with Crippen LogP contribution in [0.2, 0.25) is 5.02 Å². The molecule has 5 heteroatoms. The molecule has 0 amide bonds. The van der Waals surface area contributed by atoms with Crippen molar-refractivity contribution in [2.75, 3.05) is 6.54 Å². The highest BCUT2D eigenvalue weighted by atomic mass is 79.9. The second kappa shape index (κ2) is 7.34. The summed E-state index contributed by atoms with van der Waals surface area (Å²) >= 11 is 9.18. The minimum Gasteiger partial charge on any atom is -0.306 e. The van der Waals surface area contributed by atoms with Crippen molar-refractivity contribution in [2.45, 2.75) is 19.4 Å². The van der Waals surface area contributed by atoms with E-state index in [0.29, 0.717) is 10.6 Å². The largest absolute Gasteiger partial charge is 0.306 e. The molecule has 0 fully saturated rings. The molecule has 0 heterocycles. The molecule has 2 rings (SSSR count). The van der Waals surface area contributed by atoms with Crippen LogP contribution in [0.3, 0.4) is 0 Å². The van der Waals surface area contributed by atoms with Crippen LogP contribution in [0.1, 0.15) is 30.5 Å². The van der Waals surface area contributed by atoms with Crippen molar-refractivity contribution in [3.63, 3.8) is 0 Å². The second-order valence-electron chi connectivity index (χ2n) is 4.71. The molecule has 1 N–H and O–H groups in total. The van der Waals surface area contributed by atoms with Gasteiger partial charge < -0.3 is 5.32 Å². The van der Waals surface area contributed by atoms with E-state index in [1.807, 2.05) is 25.1 Å². The molecule has 1 nitrogen and oxygen atoms in total. The molecule has 1 unspecified atom stereocenters. The monoisotopic (exact) mass is 373 g/mol. The first-order valence-corrected chi connectivity index (χ1v) is 7.84. The molecule has 2 aromatic rings. The summed E-state index contributed by atoms with van der Waals surface area (Å²) in [5.41, 5.74) is 1.55. The van der Waals surface area contributed by atoms with Crippen LogP contribution in [0.25, 0.3) is 0 Å². The first-order valence-electron chi connectivity index (χ1n) is 6.66. The van der Waals surface area contributed by atoms with E-state index in [2.05, 4.69) is 21.2 Å². The molecule has 0 radical (unpaired) electrons. The quantitative estimate of drug-likeness (QED) is 0.684. The van der Waals surface area contributed by atoms with Crippen molar-refractivity contribution >= 4 is 27.5 Å². The Bertz CT molecular complexity index is 634. The summed E-state index contributed by atoms with van der Waals surface area (Å²) in [5.74, 6) is -1.75. The lowest BCUT2D eigenvalue weighted by atomic mass is 9.98. The van der Waals surface area contributed by atoms with Crippen molar-refractivity contribution in [2.24, 2.45) is 0 Å². The Kier molecular flexibility index (Phi) is 5.73. The van der Waals surface area contributed by atoms with Crippen LogP contribution >= 0.6 is 27.5 Å². The van der Waals surface area contributed by atoms with Crippen molar-refractivity contribution in [1.82, 2.24) is 5.32 Å². The van der Waals surface area contributed by atoms with E-state index in [9.17, 15) is 8.78 Å². The normalized spacial score (nSPS) is 12.4. The lowest BCUT2D eigenvalue weighted by Crippen LogP contribution is -2.24. The lowest BCUT2D eigenvalue weighted by Gasteiger charge is -2.21. The van der Waals surface area contributed by atoms with E-state index in [1.165, 1.54) is 0 Å². The molecule has 1 atom stereocenters. The first kappa shape index (κ1) is 16.4. The minimum atomic E-state index is -0.877. The molecule has 0 bridgehead atoms. The summed E-state index contributed by atoms with van der Waals surface area (Å²) in [7, 11) is 0. The third kappa shape index (κ3) is 3.82. The van der Waals surface area contributed by atoms with Gasteiger partial charge >= 0.3 is 0 Å². The molecule has 112 valence electrons. The van der Waals surface area contributed by atoms with Crippen molar-refractivity contribution < 1.29 is 8.78 Å². The standard InChI is InChI=1S/C16H15BrClF2N/c1-2-8-21-16(10-4-3-5-11(18)9-10)12-6-7-13(19)15(20)14(12)17/h3-7,9,16,21H,2,8H2,1H3. The predicted molar refractivity (Wildman–Crippen MR) is 85.6 cm³/mol. The summed E-state index contributed by atoms with van der Waals surface area (Å²) in [5, 5.41) is 3.94. The molecule has 0 aliphatic carbocycles. The molecular formula is C16H15BrClF2N. The second-order valence-corrected chi connectivity index (χ2v) is 5.94. The molecule has 0 spiro atoms. The van der Waals surface area contributed by atoms with E-state index < -0.39 is 11.6 Å². The van der Waals surface area contributed by atoms with E-state index in [-0.39, 0.29) is 10.5 Å². The maximum Gasteiger partial charge on any atom is 0.173 e. The smallest absolute Gasteiger partial charge is 0.173 e. The number of benzene rings is 2. The highest BCUT2D eigenvalue weighted by molar-refractivity contribution is 9.10. The van der Waals surface area contributed by atoms with Crippen LogP contribution in [0, 0.1) is 11.6 Å². The Hall–Kier alpha value is -0.970. The first-order chi connectivity index (χ1) is 10.0. The van der Waals surface area contributed by atoms with Gasteiger partial charge in [-0.3, -0.25) is 0 Å². The Morgan fingerprint density at radius 1 is 1.24 bits per heavy atom. The van der Waals surface area contributed by atoms with Gasteiger partial charge in [-0.25, -0.2) is 8.78 Å². The zero-order chi connectivity index (χ0) is 15.4. The van der Waals surface area contributed by atoms with Crippen LogP contribution < -0.4 is 5.32 Å². The number of halogens is 4. The van der Waals surface area contributed by atoms with Crippen LogP contribution in [-0.4, -0.2) is 6.54 Å². The Labute approximate surface area is 136 Å². The zero-order valence-electron chi connectivity index (χ0n) is 11.5. The molecular weight excluding hydrogens is 360 g/mol.